The van der Waals surface area contributed by atoms with E-state index in [1.165, 1.54) is 11.3 Å². The summed E-state index contributed by atoms with van der Waals surface area (Å²) >= 11 is 7.78. The van der Waals surface area contributed by atoms with Crippen molar-refractivity contribution in [1.82, 2.24) is 9.97 Å². The van der Waals surface area contributed by atoms with E-state index in [1.54, 1.807) is 17.3 Å². The van der Waals surface area contributed by atoms with E-state index in [0.717, 1.165) is 21.0 Å². The minimum absolute atomic E-state index is 0.111. The number of hydrogen-bond donors (Lipinski definition) is 0. The molecule has 0 N–H and O–H groups in total. The Kier molecular flexibility index (Phi) is 4.91. The summed E-state index contributed by atoms with van der Waals surface area (Å²) in [6, 6.07) is 23.2. The Hall–Kier alpha value is -3.28. The van der Waals surface area contributed by atoms with Gasteiger partial charge in [0.1, 0.15) is 5.52 Å². The molecule has 30 heavy (non-hydrogen) atoms. The van der Waals surface area contributed by atoms with E-state index in [2.05, 4.69) is 9.97 Å². The van der Waals surface area contributed by atoms with Gasteiger partial charge in [0.05, 0.1) is 16.3 Å². The highest BCUT2D eigenvalue weighted by atomic mass is 35.5. The fourth-order valence-corrected chi connectivity index (χ4v) is 4.66. The second-order valence-corrected chi connectivity index (χ2v) is 8.31. The fraction of sp³-hybridized carbons (Fsp3) is 0.0417. The van der Waals surface area contributed by atoms with Crippen molar-refractivity contribution in [1.29, 1.82) is 0 Å². The van der Waals surface area contributed by atoms with Gasteiger partial charge >= 0.3 is 0 Å². The zero-order chi connectivity index (χ0) is 20.5. The number of fused-ring (bicyclic) bond motifs is 2. The minimum atomic E-state index is -0.111. The molecular weight excluding hydrogens is 414 g/mol. The fourth-order valence-electron chi connectivity index (χ4n) is 3.40. The molecule has 0 aliphatic heterocycles. The Labute approximate surface area is 182 Å². The number of pyridine rings is 1. The van der Waals surface area contributed by atoms with E-state index in [1.807, 2.05) is 72.8 Å². The third-order valence-corrected chi connectivity index (χ3v) is 6.24. The average Bonchev–Trinajstić information content (AvgIpc) is 3.23. The summed E-state index contributed by atoms with van der Waals surface area (Å²) in [5.74, 6) is -0.111. The number of hydrogen-bond acceptors (Lipinski definition) is 4. The molecule has 1 amide bonds. The van der Waals surface area contributed by atoms with Gasteiger partial charge in [-0.05, 0) is 46.7 Å². The number of halogens is 1. The number of amides is 1. The maximum absolute atomic E-state index is 13.6. The lowest BCUT2D eigenvalue weighted by Crippen LogP contribution is -2.30. The summed E-state index contributed by atoms with van der Waals surface area (Å²) in [6.45, 7) is 0.372. The molecule has 0 saturated carbocycles. The molecule has 0 spiro atoms. The van der Waals surface area contributed by atoms with Gasteiger partial charge in [-0.1, -0.05) is 65.4 Å². The summed E-state index contributed by atoms with van der Waals surface area (Å²) in [5.41, 5.74) is 2.25. The van der Waals surface area contributed by atoms with Gasteiger partial charge in [-0.3, -0.25) is 14.7 Å². The number of carbonyl (C=O) groups is 1. The highest BCUT2D eigenvalue weighted by Gasteiger charge is 2.22. The first-order valence-corrected chi connectivity index (χ1v) is 10.6. The van der Waals surface area contributed by atoms with Gasteiger partial charge in [0.2, 0.25) is 0 Å². The molecule has 0 saturated heterocycles. The molecular formula is C24H16ClN3OS. The lowest BCUT2D eigenvalue weighted by Gasteiger charge is -2.20. The molecule has 0 aliphatic carbocycles. The second kappa shape index (κ2) is 7.86. The molecule has 5 rings (SSSR count). The molecule has 6 heteroatoms. The van der Waals surface area contributed by atoms with Crippen LogP contribution in [0.15, 0.2) is 85.2 Å². The molecule has 0 aliphatic rings. The van der Waals surface area contributed by atoms with Crippen LogP contribution in [0.1, 0.15) is 15.9 Å². The van der Waals surface area contributed by atoms with Crippen LogP contribution in [0, 0.1) is 0 Å². The summed E-state index contributed by atoms with van der Waals surface area (Å²) in [5, 5.41) is 3.31. The minimum Gasteiger partial charge on any atom is -0.279 e. The van der Waals surface area contributed by atoms with Crippen molar-refractivity contribution in [2.24, 2.45) is 0 Å². The highest BCUT2D eigenvalue weighted by molar-refractivity contribution is 7.22. The Morgan fingerprint density at radius 1 is 0.967 bits per heavy atom. The van der Waals surface area contributed by atoms with E-state index in [9.17, 15) is 4.79 Å². The van der Waals surface area contributed by atoms with Crippen molar-refractivity contribution in [2.45, 2.75) is 6.54 Å². The Morgan fingerprint density at radius 3 is 2.63 bits per heavy atom. The Morgan fingerprint density at radius 2 is 1.83 bits per heavy atom. The highest BCUT2D eigenvalue weighted by Crippen LogP contribution is 2.34. The summed E-state index contributed by atoms with van der Waals surface area (Å²) < 4.78 is 0.944. The number of anilines is 1. The van der Waals surface area contributed by atoms with Crippen molar-refractivity contribution in [3.63, 3.8) is 0 Å². The van der Waals surface area contributed by atoms with E-state index in [4.69, 9.17) is 11.6 Å². The molecule has 2 aromatic heterocycles. The third kappa shape index (κ3) is 3.54. The molecule has 0 unspecified atom stereocenters. The first-order valence-electron chi connectivity index (χ1n) is 9.44. The summed E-state index contributed by atoms with van der Waals surface area (Å²) in [7, 11) is 0. The number of rotatable bonds is 4. The standard InChI is InChI=1S/C24H16ClN3OS/c25-20-8-3-9-21-22(20)27-24(30-21)28(15-16-5-4-12-26-14-16)23(29)19-11-10-17-6-1-2-7-18(17)13-19/h1-14H,15H2. The van der Waals surface area contributed by atoms with E-state index in [-0.39, 0.29) is 5.91 Å². The Balaban J connectivity index is 1.60. The third-order valence-electron chi connectivity index (χ3n) is 4.89. The topological polar surface area (TPSA) is 46.1 Å². The van der Waals surface area contributed by atoms with Crippen LogP contribution in [-0.2, 0) is 6.54 Å². The number of carbonyl (C=O) groups excluding carboxylic acids is 1. The summed E-state index contributed by atoms with van der Waals surface area (Å²) in [4.78, 5) is 24.2. The summed E-state index contributed by atoms with van der Waals surface area (Å²) in [6.07, 6.45) is 3.48. The van der Waals surface area contributed by atoms with Crippen molar-refractivity contribution >= 4 is 55.0 Å². The van der Waals surface area contributed by atoms with Crippen LogP contribution in [0.25, 0.3) is 21.0 Å². The smallest absolute Gasteiger partial charge is 0.260 e. The molecule has 3 aromatic carbocycles. The monoisotopic (exact) mass is 429 g/mol. The van der Waals surface area contributed by atoms with Gasteiger partial charge in [0.15, 0.2) is 5.13 Å². The van der Waals surface area contributed by atoms with Crippen molar-refractivity contribution < 1.29 is 4.79 Å². The van der Waals surface area contributed by atoms with Gasteiger partial charge in [0.25, 0.3) is 5.91 Å². The van der Waals surface area contributed by atoms with Crippen molar-refractivity contribution in [3.8, 4) is 0 Å². The number of aromatic nitrogens is 2. The van der Waals surface area contributed by atoms with Gasteiger partial charge in [-0.25, -0.2) is 4.98 Å². The molecule has 0 bridgehead atoms. The van der Waals surface area contributed by atoms with Crippen LogP contribution in [0.4, 0.5) is 5.13 Å². The van der Waals surface area contributed by atoms with Crippen molar-refractivity contribution in [3.05, 3.63) is 101 Å². The van der Waals surface area contributed by atoms with Crippen LogP contribution in [0.3, 0.4) is 0 Å². The maximum atomic E-state index is 13.6. The molecule has 146 valence electrons. The zero-order valence-corrected chi connectivity index (χ0v) is 17.4. The lowest BCUT2D eigenvalue weighted by atomic mass is 10.1. The largest absolute Gasteiger partial charge is 0.279 e. The molecule has 4 nitrogen and oxygen atoms in total. The molecule has 5 aromatic rings. The van der Waals surface area contributed by atoms with E-state index >= 15 is 0 Å². The first-order chi connectivity index (χ1) is 14.7. The lowest BCUT2D eigenvalue weighted by molar-refractivity contribution is 0.0985. The molecule has 0 atom stereocenters. The Bertz CT molecular complexity index is 1370. The van der Waals surface area contributed by atoms with Crippen LogP contribution < -0.4 is 4.90 Å². The van der Waals surface area contributed by atoms with Crippen LogP contribution in [0.2, 0.25) is 5.02 Å². The van der Waals surface area contributed by atoms with Crippen LogP contribution in [0.5, 0.6) is 0 Å². The normalized spacial score (nSPS) is 11.1. The van der Waals surface area contributed by atoms with E-state index < -0.39 is 0 Å². The van der Waals surface area contributed by atoms with Gasteiger partial charge in [-0.2, -0.15) is 0 Å². The SMILES string of the molecule is O=C(c1ccc2ccccc2c1)N(Cc1cccnc1)c1nc2c(Cl)cccc2s1. The van der Waals surface area contributed by atoms with Crippen LogP contribution in [-0.4, -0.2) is 15.9 Å². The van der Waals surface area contributed by atoms with Gasteiger partial charge < -0.3 is 0 Å². The predicted molar refractivity (Wildman–Crippen MR) is 123 cm³/mol. The molecule has 0 radical (unpaired) electrons. The average molecular weight is 430 g/mol. The van der Waals surface area contributed by atoms with E-state index in [0.29, 0.717) is 27.8 Å². The number of thiazole rings is 1. The number of nitrogens with zero attached hydrogens (tertiary/aromatic N) is 3. The van der Waals surface area contributed by atoms with Gasteiger partial charge in [-0.15, -0.1) is 0 Å². The number of benzene rings is 3. The molecule has 2 heterocycles. The van der Waals surface area contributed by atoms with Crippen molar-refractivity contribution in [2.75, 3.05) is 4.90 Å². The first kappa shape index (κ1) is 18.7. The maximum Gasteiger partial charge on any atom is 0.260 e. The molecule has 0 fully saturated rings. The second-order valence-electron chi connectivity index (χ2n) is 6.90. The van der Waals surface area contributed by atoms with Crippen LogP contribution >= 0.6 is 22.9 Å². The predicted octanol–water partition coefficient (Wildman–Crippen LogP) is 6.34. The number of para-hydroxylation sites is 1. The quantitative estimate of drug-likeness (QED) is 0.334. The van der Waals surface area contributed by atoms with Gasteiger partial charge in [0, 0.05) is 18.0 Å². The zero-order valence-electron chi connectivity index (χ0n) is 15.8.